The van der Waals surface area contributed by atoms with Crippen LogP contribution in [0.25, 0.3) is 0 Å². The van der Waals surface area contributed by atoms with Gasteiger partial charge >= 0.3 is 0 Å². The summed E-state index contributed by atoms with van der Waals surface area (Å²) in [6.07, 6.45) is 4.33. The Morgan fingerprint density at radius 2 is 1.94 bits per heavy atom. The topological polar surface area (TPSA) is 48.1 Å². The number of nitrogens with zero attached hydrogens (tertiary/aromatic N) is 1. The minimum absolute atomic E-state index is 0.128. The van der Waals surface area contributed by atoms with Gasteiger partial charge in [-0.15, -0.1) is 0 Å². The largest absolute Gasteiger partial charge is 0.456 e. The predicted octanol–water partition coefficient (Wildman–Crippen LogP) is 2.76. The van der Waals surface area contributed by atoms with Crippen molar-refractivity contribution in [2.45, 2.75) is 19.4 Å². The lowest BCUT2D eigenvalue weighted by Gasteiger charge is -2.08. The highest BCUT2D eigenvalue weighted by molar-refractivity contribution is 5.31. The molecule has 0 aliphatic rings. The van der Waals surface area contributed by atoms with Crippen LogP contribution < -0.4 is 10.5 Å². The highest BCUT2D eigenvalue weighted by atomic mass is 16.5. The van der Waals surface area contributed by atoms with E-state index >= 15 is 0 Å². The number of pyridine rings is 1. The van der Waals surface area contributed by atoms with Gasteiger partial charge in [-0.25, -0.2) is 0 Å². The maximum absolute atomic E-state index is 5.76. The maximum atomic E-state index is 5.76. The molecule has 0 aliphatic carbocycles. The molecule has 1 aromatic heterocycles. The standard InChI is InChI=1S/C14H16N2O/c1-11(15)7-12-8-14(10-16-9-12)17-13-5-3-2-4-6-13/h2-6,8-11H,7,15H2,1H3. The molecule has 0 radical (unpaired) electrons. The van der Waals surface area contributed by atoms with Gasteiger partial charge in [0.05, 0.1) is 6.20 Å². The summed E-state index contributed by atoms with van der Waals surface area (Å²) in [5, 5.41) is 0. The molecule has 0 saturated heterocycles. The zero-order valence-electron chi connectivity index (χ0n) is 9.84. The number of benzene rings is 1. The van der Waals surface area contributed by atoms with Crippen LogP contribution in [-0.2, 0) is 6.42 Å². The molecule has 2 N–H and O–H groups in total. The number of nitrogens with two attached hydrogens (primary N) is 1. The summed E-state index contributed by atoms with van der Waals surface area (Å²) < 4.78 is 5.70. The molecule has 1 atom stereocenters. The minimum Gasteiger partial charge on any atom is -0.456 e. The van der Waals surface area contributed by atoms with E-state index in [-0.39, 0.29) is 6.04 Å². The zero-order valence-corrected chi connectivity index (χ0v) is 9.84. The van der Waals surface area contributed by atoms with E-state index < -0.39 is 0 Å². The molecule has 2 rings (SSSR count). The summed E-state index contributed by atoms with van der Waals surface area (Å²) in [6.45, 7) is 1.98. The van der Waals surface area contributed by atoms with Crippen molar-refractivity contribution in [3.8, 4) is 11.5 Å². The molecule has 88 valence electrons. The van der Waals surface area contributed by atoms with Crippen molar-refractivity contribution in [2.75, 3.05) is 0 Å². The second kappa shape index (κ2) is 5.46. The minimum atomic E-state index is 0.128. The second-order valence-corrected chi connectivity index (χ2v) is 4.13. The molecule has 0 aliphatic heterocycles. The van der Waals surface area contributed by atoms with Crippen LogP contribution >= 0.6 is 0 Å². The van der Waals surface area contributed by atoms with Crippen LogP contribution in [0, 0.1) is 0 Å². The molecular weight excluding hydrogens is 212 g/mol. The summed E-state index contributed by atoms with van der Waals surface area (Å²) in [5.41, 5.74) is 6.85. The SMILES string of the molecule is CC(N)Cc1cncc(Oc2ccccc2)c1. The van der Waals surface area contributed by atoms with Gasteiger partial charge in [0.2, 0.25) is 0 Å². The van der Waals surface area contributed by atoms with Gasteiger partial charge in [-0.2, -0.15) is 0 Å². The summed E-state index contributed by atoms with van der Waals surface area (Å²) >= 11 is 0. The van der Waals surface area contributed by atoms with Crippen LogP contribution in [0.15, 0.2) is 48.8 Å². The quantitative estimate of drug-likeness (QED) is 0.875. The molecule has 0 amide bonds. The van der Waals surface area contributed by atoms with Gasteiger partial charge < -0.3 is 10.5 Å². The summed E-state index contributed by atoms with van der Waals surface area (Å²) in [6, 6.07) is 11.8. The average Bonchev–Trinajstić information content (AvgIpc) is 2.30. The van der Waals surface area contributed by atoms with E-state index in [0.717, 1.165) is 23.5 Å². The number of ether oxygens (including phenoxy) is 1. The third-order valence-electron chi connectivity index (χ3n) is 2.31. The van der Waals surface area contributed by atoms with E-state index in [1.807, 2.05) is 49.5 Å². The van der Waals surface area contributed by atoms with Gasteiger partial charge in [-0.1, -0.05) is 18.2 Å². The Labute approximate surface area is 101 Å². The van der Waals surface area contributed by atoms with Crippen molar-refractivity contribution in [3.05, 3.63) is 54.4 Å². The lowest BCUT2D eigenvalue weighted by atomic mass is 10.1. The van der Waals surface area contributed by atoms with Crippen molar-refractivity contribution in [2.24, 2.45) is 5.73 Å². The third-order valence-corrected chi connectivity index (χ3v) is 2.31. The molecule has 3 heteroatoms. The second-order valence-electron chi connectivity index (χ2n) is 4.13. The Morgan fingerprint density at radius 1 is 1.18 bits per heavy atom. The highest BCUT2D eigenvalue weighted by Gasteiger charge is 2.02. The van der Waals surface area contributed by atoms with E-state index in [2.05, 4.69) is 4.98 Å². The smallest absolute Gasteiger partial charge is 0.145 e. The first kappa shape index (κ1) is 11.6. The summed E-state index contributed by atoms with van der Waals surface area (Å²) in [5.74, 6) is 1.56. The van der Waals surface area contributed by atoms with E-state index in [0.29, 0.717) is 0 Å². The molecule has 0 spiro atoms. The summed E-state index contributed by atoms with van der Waals surface area (Å²) in [4.78, 5) is 4.15. The third kappa shape index (κ3) is 3.57. The van der Waals surface area contributed by atoms with Crippen LogP contribution in [0.5, 0.6) is 11.5 Å². The number of para-hydroxylation sites is 1. The van der Waals surface area contributed by atoms with Crippen molar-refractivity contribution in [3.63, 3.8) is 0 Å². The Bertz CT molecular complexity index is 469. The van der Waals surface area contributed by atoms with E-state index in [4.69, 9.17) is 10.5 Å². The van der Waals surface area contributed by atoms with Gasteiger partial charge in [-0.05, 0) is 37.1 Å². The van der Waals surface area contributed by atoms with Gasteiger partial charge in [0.25, 0.3) is 0 Å². The van der Waals surface area contributed by atoms with Crippen LogP contribution in [0.1, 0.15) is 12.5 Å². The Morgan fingerprint density at radius 3 is 2.65 bits per heavy atom. The lowest BCUT2D eigenvalue weighted by Crippen LogP contribution is -2.17. The average molecular weight is 228 g/mol. The first-order chi connectivity index (χ1) is 8.24. The zero-order chi connectivity index (χ0) is 12.1. The van der Waals surface area contributed by atoms with Crippen molar-refractivity contribution < 1.29 is 4.74 Å². The Balaban J connectivity index is 2.11. The highest BCUT2D eigenvalue weighted by Crippen LogP contribution is 2.20. The molecule has 1 heterocycles. The fourth-order valence-corrected chi connectivity index (χ4v) is 1.63. The first-order valence-corrected chi connectivity index (χ1v) is 5.66. The van der Waals surface area contributed by atoms with Crippen LogP contribution in [-0.4, -0.2) is 11.0 Å². The van der Waals surface area contributed by atoms with Crippen LogP contribution in [0.3, 0.4) is 0 Å². The molecule has 0 bridgehead atoms. The fraction of sp³-hybridized carbons (Fsp3) is 0.214. The van der Waals surface area contributed by atoms with Crippen molar-refractivity contribution in [1.82, 2.24) is 4.98 Å². The number of aromatic nitrogens is 1. The Hall–Kier alpha value is -1.87. The van der Waals surface area contributed by atoms with E-state index in [1.165, 1.54) is 0 Å². The Kier molecular flexibility index (Phi) is 3.73. The molecule has 1 unspecified atom stereocenters. The molecule has 17 heavy (non-hydrogen) atoms. The van der Waals surface area contributed by atoms with Gasteiger partial charge in [-0.3, -0.25) is 4.98 Å². The molecule has 1 aromatic carbocycles. The van der Waals surface area contributed by atoms with Crippen LogP contribution in [0.2, 0.25) is 0 Å². The van der Waals surface area contributed by atoms with E-state index in [9.17, 15) is 0 Å². The van der Waals surface area contributed by atoms with Crippen molar-refractivity contribution >= 4 is 0 Å². The molecule has 3 nitrogen and oxygen atoms in total. The van der Waals surface area contributed by atoms with Gasteiger partial charge in [0, 0.05) is 12.2 Å². The fourth-order valence-electron chi connectivity index (χ4n) is 1.63. The maximum Gasteiger partial charge on any atom is 0.145 e. The van der Waals surface area contributed by atoms with E-state index in [1.54, 1.807) is 6.20 Å². The molecule has 2 aromatic rings. The van der Waals surface area contributed by atoms with Gasteiger partial charge in [0.15, 0.2) is 0 Å². The molecule has 0 fully saturated rings. The van der Waals surface area contributed by atoms with Gasteiger partial charge in [0.1, 0.15) is 11.5 Å². The predicted molar refractivity (Wildman–Crippen MR) is 68.1 cm³/mol. The molecular formula is C14H16N2O. The molecule has 0 saturated carbocycles. The lowest BCUT2D eigenvalue weighted by molar-refractivity contribution is 0.479. The van der Waals surface area contributed by atoms with Crippen molar-refractivity contribution in [1.29, 1.82) is 0 Å². The first-order valence-electron chi connectivity index (χ1n) is 5.66. The number of rotatable bonds is 4. The summed E-state index contributed by atoms with van der Waals surface area (Å²) in [7, 11) is 0. The number of hydrogen-bond donors (Lipinski definition) is 1. The normalized spacial score (nSPS) is 12.1. The number of hydrogen-bond acceptors (Lipinski definition) is 3. The monoisotopic (exact) mass is 228 g/mol. The van der Waals surface area contributed by atoms with Crippen LogP contribution in [0.4, 0.5) is 0 Å².